The molecule has 3 N–H and O–H groups in total. The van der Waals surface area contributed by atoms with Crippen LogP contribution in [0.3, 0.4) is 0 Å². The lowest BCUT2D eigenvalue weighted by Crippen LogP contribution is -2.13. The Balaban J connectivity index is 1.89. The van der Waals surface area contributed by atoms with Gasteiger partial charge in [-0.15, -0.1) is 0 Å². The third-order valence-corrected chi connectivity index (χ3v) is 3.35. The summed E-state index contributed by atoms with van der Waals surface area (Å²) in [5, 5.41) is 4.28. The van der Waals surface area contributed by atoms with Gasteiger partial charge in [0.25, 0.3) is 5.91 Å². The van der Waals surface area contributed by atoms with Gasteiger partial charge >= 0.3 is 0 Å². The number of aromatic nitrogens is 1. The summed E-state index contributed by atoms with van der Waals surface area (Å²) in [6.07, 6.45) is 1.73. The molecule has 0 saturated carbocycles. The highest BCUT2D eigenvalue weighted by molar-refractivity contribution is 6.31. The highest BCUT2D eigenvalue weighted by atomic mass is 35.5. The molecule has 0 bridgehead atoms. The first-order chi connectivity index (χ1) is 10.1. The van der Waals surface area contributed by atoms with E-state index < -0.39 is 0 Å². The average molecular weight is 298 g/mol. The number of benzene rings is 2. The second-order valence-corrected chi connectivity index (χ2v) is 5.03. The first kappa shape index (κ1) is 13.4. The van der Waals surface area contributed by atoms with E-state index in [9.17, 15) is 4.79 Å². The molecule has 0 fully saturated rings. The normalized spacial score (nSPS) is 10.5. The van der Waals surface area contributed by atoms with Crippen LogP contribution in [0.25, 0.3) is 10.9 Å². The first-order valence-corrected chi connectivity index (χ1v) is 6.72. The van der Waals surface area contributed by atoms with Crippen LogP contribution in [0, 0.1) is 0 Å². The quantitative estimate of drug-likeness (QED) is 0.708. The number of hydrogen-bond donors (Lipinski definition) is 2. The van der Waals surface area contributed by atoms with Crippen molar-refractivity contribution >= 4 is 39.8 Å². The van der Waals surface area contributed by atoms with Crippen molar-refractivity contribution in [3.8, 4) is 0 Å². The number of halogens is 1. The van der Waals surface area contributed by atoms with Crippen molar-refractivity contribution in [1.82, 2.24) is 4.98 Å². The monoisotopic (exact) mass is 297 g/mol. The number of pyridine rings is 1. The maximum Gasteiger partial charge on any atom is 0.257 e. The number of rotatable bonds is 2. The van der Waals surface area contributed by atoms with Gasteiger partial charge in [-0.05, 0) is 42.5 Å². The number of anilines is 2. The number of nitrogens with two attached hydrogens (primary N) is 1. The van der Waals surface area contributed by atoms with Crippen LogP contribution >= 0.6 is 11.6 Å². The molecule has 2 aromatic carbocycles. The van der Waals surface area contributed by atoms with Gasteiger partial charge in [0.2, 0.25) is 0 Å². The minimum absolute atomic E-state index is 0.271. The zero-order valence-electron chi connectivity index (χ0n) is 11.0. The Bertz CT molecular complexity index is 833. The van der Waals surface area contributed by atoms with E-state index in [2.05, 4.69) is 10.3 Å². The van der Waals surface area contributed by atoms with E-state index in [1.807, 2.05) is 24.3 Å². The summed E-state index contributed by atoms with van der Waals surface area (Å²) < 4.78 is 0. The molecule has 1 amide bonds. The third-order valence-electron chi connectivity index (χ3n) is 3.12. The Morgan fingerprint density at radius 1 is 1.14 bits per heavy atom. The van der Waals surface area contributed by atoms with Gasteiger partial charge in [0.1, 0.15) is 0 Å². The molecule has 0 radical (unpaired) electrons. The SMILES string of the molecule is Nc1cc(Cl)ccc1C(=O)Nc1ccc2ncccc2c1. The molecule has 0 saturated heterocycles. The minimum Gasteiger partial charge on any atom is -0.398 e. The standard InChI is InChI=1S/C16H12ClN3O/c17-11-3-5-13(14(18)9-11)16(21)20-12-4-6-15-10(8-12)2-1-7-19-15/h1-9H,18H2,(H,20,21). The fourth-order valence-corrected chi connectivity index (χ4v) is 2.27. The Morgan fingerprint density at radius 2 is 2.00 bits per heavy atom. The molecule has 5 heteroatoms. The predicted molar refractivity (Wildman–Crippen MR) is 85.6 cm³/mol. The van der Waals surface area contributed by atoms with Crippen molar-refractivity contribution < 1.29 is 4.79 Å². The highest BCUT2D eigenvalue weighted by Gasteiger charge is 2.10. The van der Waals surface area contributed by atoms with E-state index in [-0.39, 0.29) is 5.91 Å². The van der Waals surface area contributed by atoms with Crippen molar-refractivity contribution in [1.29, 1.82) is 0 Å². The Kier molecular flexibility index (Phi) is 3.46. The smallest absolute Gasteiger partial charge is 0.257 e. The fraction of sp³-hybridized carbons (Fsp3) is 0. The topological polar surface area (TPSA) is 68.0 Å². The molecule has 0 atom stereocenters. The van der Waals surface area contributed by atoms with Gasteiger partial charge in [-0.1, -0.05) is 17.7 Å². The number of nitrogen functional groups attached to an aromatic ring is 1. The van der Waals surface area contributed by atoms with Crippen LogP contribution in [-0.4, -0.2) is 10.9 Å². The summed E-state index contributed by atoms with van der Waals surface area (Å²) in [5.74, 6) is -0.271. The van der Waals surface area contributed by atoms with E-state index >= 15 is 0 Å². The second kappa shape index (κ2) is 5.42. The lowest BCUT2D eigenvalue weighted by molar-refractivity contribution is 0.102. The highest BCUT2D eigenvalue weighted by Crippen LogP contribution is 2.21. The van der Waals surface area contributed by atoms with Gasteiger partial charge in [0, 0.05) is 28.0 Å². The zero-order chi connectivity index (χ0) is 14.8. The van der Waals surface area contributed by atoms with Crippen molar-refractivity contribution in [2.24, 2.45) is 0 Å². The van der Waals surface area contributed by atoms with E-state index in [0.29, 0.717) is 22.0 Å². The molecule has 3 rings (SSSR count). The number of hydrogen-bond acceptors (Lipinski definition) is 3. The molecular formula is C16H12ClN3O. The first-order valence-electron chi connectivity index (χ1n) is 6.34. The van der Waals surface area contributed by atoms with Gasteiger partial charge in [-0.2, -0.15) is 0 Å². The third kappa shape index (κ3) is 2.80. The number of carbonyl (C=O) groups excluding carboxylic acids is 1. The summed E-state index contributed by atoms with van der Waals surface area (Å²) in [4.78, 5) is 16.5. The molecule has 0 unspecified atom stereocenters. The molecule has 0 spiro atoms. The number of nitrogens with one attached hydrogen (secondary N) is 1. The molecule has 1 heterocycles. The number of amides is 1. The number of carbonyl (C=O) groups is 1. The Labute approximate surface area is 126 Å². The van der Waals surface area contributed by atoms with Crippen LogP contribution in [0.2, 0.25) is 5.02 Å². The van der Waals surface area contributed by atoms with Crippen LogP contribution in [0.1, 0.15) is 10.4 Å². The van der Waals surface area contributed by atoms with Gasteiger partial charge in [0.05, 0.1) is 11.1 Å². The molecule has 0 aliphatic rings. The zero-order valence-corrected chi connectivity index (χ0v) is 11.8. The Hall–Kier alpha value is -2.59. The molecule has 1 aromatic heterocycles. The van der Waals surface area contributed by atoms with Crippen LogP contribution in [0.5, 0.6) is 0 Å². The average Bonchev–Trinajstić information content (AvgIpc) is 2.47. The molecule has 0 aliphatic heterocycles. The second-order valence-electron chi connectivity index (χ2n) is 4.60. The van der Waals surface area contributed by atoms with E-state index in [1.165, 1.54) is 0 Å². The summed E-state index contributed by atoms with van der Waals surface area (Å²) in [5.41, 5.74) is 8.12. The number of fused-ring (bicyclic) bond motifs is 1. The molecular weight excluding hydrogens is 286 g/mol. The van der Waals surface area contributed by atoms with E-state index in [1.54, 1.807) is 30.5 Å². The Morgan fingerprint density at radius 3 is 2.81 bits per heavy atom. The summed E-state index contributed by atoms with van der Waals surface area (Å²) in [6, 6.07) is 14.1. The van der Waals surface area contributed by atoms with Crippen LogP contribution in [-0.2, 0) is 0 Å². The maximum atomic E-state index is 12.2. The van der Waals surface area contributed by atoms with Crippen molar-refractivity contribution in [2.75, 3.05) is 11.1 Å². The summed E-state index contributed by atoms with van der Waals surface area (Å²) in [6.45, 7) is 0. The van der Waals surface area contributed by atoms with Gasteiger partial charge in [-0.3, -0.25) is 9.78 Å². The summed E-state index contributed by atoms with van der Waals surface area (Å²) in [7, 11) is 0. The van der Waals surface area contributed by atoms with Crippen molar-refractivity contribution in [3.05, 3.63) is 65.3 Å². The molecule has 4 nitrogen and oxygen atoms in total. The van der Waals surface area contributed by atoms with Crippen LogP contribution in [0.15, 0.2) is 54.7 Å². The number of nitrogens with zero attached hydrogens (tertiary/aromatic N) is 1. The maximum absolute atomic E-state index is 12.2. The molecule has 3 aromatic rings. The van der Waals surface area contributed by atoms with E-state index in [4.69, 9.17) is 17.3 Å². The predicted octanol–water partition coefficient (Wildman–Crippen LogP) is 3.72. The minimum atomic E-state index is -0.271. The van der Waals surface area contributed by atoms with E-state index in [0.717, 1.165) is 10.9 Å². The van der Waals surface area contributed by atoms with Crippen molar-refractivity contribution in [2.45, 2.75) is 0 Å². The van der Waals surface area contributed by atoms with Gasteiger partial charge in [-0.25, -0.2) is 0 Å². The lowest BCUT2D eigenvalue weighted by Gasteiger charge is -2.08. The molecule has 104 valence electrons. The molecule has 0 aliphatic carbocycles. The van der Waals surface area contributed by atoms with Crippen LogP contribution in [0.4, 0.5) is 11.4 Å². The van der Waals surface area contributed by atoms with Crippen molar-refractivity contribution in [3.63, 3.8) is 0 Å². The lowest BCUT2D eigenvalue weighted by atomic mass is 10.1. The largest absolute Gasteiger partial charge is 0.398 e. The van der Waals surface area contributed by atoms with Crippen LogP contribution < -0.4 is 11.1 Å². The molecule has 21 heavy (non-hydrogen) atoms. The van der Waals surface area contributed by atoms with Gasteiger partial charge < -0.3 is 11.1 Å². The fourth-order valence-electron chi connectivity index (χ4n) is 2.09. The van der Waals surface area contributed by atoms with Gasteiger partial charge in [0.15, 0.2) is 0 Å². The summed E-state index contributed by atoms with van der Waals surface area (Å²) >= 11 is 5.83.